The SMILES string of the molecule is CC(C)c1ccc(P2c3ccccc3N(C)c3ccccc3[P+](C)(c3ccc(C(C)C)cc3)c3ccccc3N(C)c3ccccc32)cc1. The summed E-state index contributed by atoms with van der Waals surface area (Å²) < 4.78 is 0. The fourth-order valence-electron chi connectivity index (χ4n) is 7.37. The van der Waals surface area contributed by atoms with E-state index in [0.717, 1.165) is 0 Å². The zero-order valence-corrected chi connectivity index (χ0v) is 31.6. The summed E-state index contributed by atoms with van der Waals surface area (Å²) in [5, 5.41) is 8.27. The first-order valence-electron chi connectivity index (χ1n) is 17.4. The van der Waals surface area contributed by atoms with Gasteiger partial charge in [-0.3, -0.25) is 0 Å². The van der Waals surface area contributed by atoms with E-state index in [0.29, 0.717) is 11.8 Å². The van der Waals surface area contributed by atoms with Crippen molar-refractivity contribution in [3.8, 4) is 0 Å². The second-order valence-electron chi connectivity index (χ2n) is 13.9. The van der Waals surface area contributed by atoms with Gasteiger partial charge in [0.2, 0.25) is 0 Å². The van der Waals surface area contributed by atoms with E-state index in [1.165, 1.54) is 65.7 Å². The van der Waals surface area contributed by atoms with E-state index < -0.39 is 15.2 Å². The maximum Gasteiger partial charge on any atom is 0.128 e. The van der Waals surface area contributed by atoms with Crippen molar-refractivity contribution in [2.24, 2.45) is 0 Å². The Hall–Kier alpha value is -4.22. The summed E-state index contributed by atoms with van der Waals surface area (Å²) in [7, 11) is 1.48. The van der Waals surface area contributed by atoms with Crippen LogP contribution < -0.4 is 41.6 Å². The van der Waals surface area contributed by atoms with E-state index in [-0.39, 0.29) is 0 Å². The van der Waals surface area contributed by atoms with Crippen LogP contribution in [0.3, 0.4) is 0 Å². The molecular weight excluding hydrogens is 630 g/mol. The summed E-state index contributed by atoms with van der Waals surface area (Å²) in [4.78, 5) is 4.94. The van der Waals surface area contributed by atoms with Gasteiger partial charge < -0.3 is 9.80 Å². The summed E-state index contributed by atoms with van der Waals surface area (Å²) in [5.74, 6) is 0.972. The quantitative estimate of drug-likeness (QED) is 0.172. The first kappa shape index (κ1) is 33.3. The maximum absolute atomic E-state index is 2.53. The number of anilines is 4. The predicted molar refractivity (Wildman–Crippen MR) is 221 cm³/mol. The lowest BCUT2D eigenvalue weighted by Crippen LogP contribution is -2.38. The molecule has 1 heterocycles. The van der Waals surface area contributed by atoms with Crippen molar-refractivity contribution < 1.29 is 0 Å². The molecule has 0 radical (unpaired) electrons. The van der Waals surface area contributed by atoms with Crippen molar-refractivity contribution in [3.63, 3.8) is 0 Å². The highest BCUT2D eigenvalue weighted by Gasteiger charge is 2.45. The van der Waals surface area contributed by atoms with Gasteiger partial charge in [0.1, 0.15) is 23.2 Å². The summed E-state index contributed by atoms with van der Waals surface area (Å²) in [6.07, 6.45) is 0. The lowest BCUT2D eigenvalue weighted by atomic mass is 10.0. The van der Waals surface area contributed by atoms with Crippen molar-refractivity contribution in [2.45, 2.75) is 39.5 Å². The smallest absolute Gasteiger partial charge is 0.128 e. The minimum absolute atomic E-state index is 0.484. The molecular formula is C45H47N2P2+. The summed E-state index contributed by atoms with van der Waals surface area (Å²) in [6, 6.07) is 55.5. The van der Waals surface area contributed by atoms with Gasteiger partial charge in [-0.25, -0.2) is 0 Å². The van der Waals surface area contributed by atoms with Gasteiger partial charge in [-0.15, -0.1) is 0 Å². The molecule has 0 fully saturated rings. The van der Waals surface area contributed by atoms with Crippen molar-refractivity contribution in [1.29, 1.82) is 0 Å². The Morgan fingerprint density at radius 2 is 0.816 bits per heavy atom. The van der Waals surface area contributed by atoms with E-state index in [1.807, 2.05) is 0 Å². The third-order valence-corrected chi connectivity index (χ3v) is 16.9. The molecule has 6 aromatic carbocycles. The van der Waals surface area contributed by atoms with Crippen LogP contribution in [-0.2, 0) is 0 Å². The molecule has 0 spiro atoms. The van der Waals surface area contributed by atoms with Gasteiger partial charge in [-0.1, -0.05) is 125 Å². The molecule has 0 amide bonds. The molecule has 0 aromatic heterocycles. The number of fused-ring (bicyclic) bond motifs is 4. The van der Waals surface area contributed by atoms with Crippen molar-refractivity contribution in [1.82, 2.24) is 0 Å². The minimum atomic E-state index is -2.16. The zero-order valence-electron chi connectivity index (χ0n) is 29.8. The lowest BCUT2D eigenvalue weighted by molar-refractivity contribution is 0.867. The normalized spacial score (nSPS) is 17.4. The predicted octanol–water partition coefficient (Wildman–Crippen LogP) is 9.46. The molecule has 49 heavy (non-hydrogen) atoms. The van der Waals surface area contributed by atoms with E-state index in [1.54, 1.807) is 0 Å². The fourth-order valence-corrected chi connectivity index (χ4v) is 13.7. The van der Waals surface area contributed by atoms with Crippen LogP contribution in [0.25, 0.3) is 0 Å². The lowest BCUT2D eigenvalue weighted by Gasteiger charge is -2.36. The standard InChI is InChI=1S/C45H47N2P2/c1-32(2)34-24-28-36(29-25-34)48-42-20-12-8-16-38(42)46(5)40-18-10-14-22-44(40)49(7,37-30-26-35(27-31-37)33(3)4)45-23-15-11-19-41(45)47(6)39-17-9-13-21-43(39)48/h8-33H,1-7H3/q+1. The number of hydrogen-bond donors (Lipinski definition) is 0. The van der Waals surface area contributed by atoms with Crippen LogP contribution in [0.2, 0.25) is 0 Å². The van der Waals surface area contributed by atoms with Crippen molar-refractivity contribution >= 4 is 69.8 Å². The Kier molecular flexibility index (Phi) is 9.23. The molecule has 1 aliphatic heterocycles. The van der Waals surface area contributed by atoms with E-state index in [2.05, 4.69) is 204 Å². The van der Waals surface area contributed by atoms with Crippen LogP contribution in [-0.4, -0.2) is 20.8 Å². The minimum Gasteiger partial charge on any atom is -0.341 e. The zero-order chi connectivity index (χ0) is 34.3. The Morgan fingerprint density at radius 3 is 1.24 bits per heavy atom. The molecule has 246 valence electrons. The number of para-hydroxylation sites is 4. The molecule has 0 aliphatic carbocycles. The average molecular weight is 678 g/mol. The van der Waals surface area contributed by atoms with Gasteiger partial charge in [0, 0.05) is 36.1 Å². The van der Waals surface area contributed by atoms with Crippen LogP contribution in [0.5, 0.6) is 0 Å². The van der Waals surface area contributed by atoms with Crippen LogP contribution >= 0.6 is 15.2 Å². The first-order valence-corrected chi connectivity index (χ1v) is 21.0. The molecule has 0 bridgehead atoms. The Bertz CT molecular complexity index is 1980. The number of hydrogen-bond acceptors (Lipinski definition) is 2. The summed E-state index contributed by atoms with van der Waals surface area (Å²) >= 11 is 0. The number of benzene rings is 6. The molecule has 0 N–H and O–H groups in total. The summed E-state index contributed by atoms with van der Waals surface area (Å²) in [6.45, 7) is 11.6. The van der Waals surface area contributed by atoms with Crippen LogP contribution in [0, 0.1) is 0 Å². The Balaban J connectivity index is 1.58. The molecule has 2 nitrogen and oxygen atoms in total. The third-order valence-electron chi connectivity index (χ3n) is 10.3. The van der Waals surface area contributed by atoms with E-state index in [9.17, 15) is 0 Å². The highest BCUT2D eigenvalue weighted by atomic mass is 31.2. The molecule has 7 rings (SSSR count). The monoisotopic (exact) mass is 677 g/mol. The molecule has 0 saturated heterocycles. The third kappa shape index (κ3) is 5.90. The average Bonchev–Trinajstić information content (AvgIpc) is 3.14. The second kappa shape index (κ2) is 13.6. The van der Waals surface area contributed by atoms with Crippen LogP contribution in [0.4, 0.5) is 22.7 Å². The Labute approximate surface area is 295 Å². The van der Waals surface area contributed by atoms with Crippen LogP contribution in [0.1, 0.15) is 50.7 Å². The molecule has 4 heteroatoms. The van der Waals surface area contributed by atoms with Gasteiger partial charge in [-0.05, 0) is 84.7 Å². The second-order valence-corrected chi connectivity index (χ2v) is 19.6. The summed E-state index contributed by atoms with van der Waals surface area (Å²) in [5.41, 5.74) is 7.77. The van der Waals surface area contributed by atoms with Crippen LogP contribution in [0.15, 0.2) is 146 Å². The van der Waals surface area contributed by atoms with Gasteiger partial charge in [0.25, 0.3) is 0 Å². The first-order chi connectivity index (χ1) is 23.7. The molecule has 0 unspecified atom stereocenters. The van der Waals surface area contributed by atoms with E-state index in [4.69, 9.17) is 0 Å². The topological polar surface area (TPSA) is 6.48 Å². The molecule has 0 saturated carbocycles. The van der Waals surface area contributed by atoms with Gasteiger partial charge in [0.05, 0.1) is 18.0 Å². The van der Waals surface area contributed by atoms with Gasteiger partial charge >= 0.3 is 0 Å². The molecule has 6 aromatic rings. The largest absolute Gasteiger partial charge is 0.341 e. The number of rotatable bonds is 4. The fraction of sp³-hybridized carbons (Fsp3) is 0.200. The Morgan fingerprint density at radius 1 is 0.449 bits per heavy atom. The van der Waals surface area contributed by atoms with E-state index >= 15 is 0 Å². The molecule has 1 aliphatic rings. The highest BCUT2D eigenvalue weighted by molar-refractivity contribution is 7.95. The van der Waals surface area contributed by atoms with Crippen molar-refractivity contribution in [2.75, 3.05) is 30.6 Å². The van der Waals surface area contributed by atoms with Gasteiger partial charge in [-0.2, -0.15) is 0 Å². The highest BCUT2D eigenvalue weighted by Crippen LogP contribution is 2.57. The maximum atomic E-state index is 2.53. The number of nitrogens with zero attached hydrogens (tertiary/aromatic N) is 2. The molecule has 0 atom stereocenters. The van der Waals surface area contributed by atoms with Crippen molar-refractivity contribution in [3.05, 3.63) is 157 Å². The van der Waals surface area contributed by atoms with Gasteiger partial charge in [0.15, 0.2) is 0 Å².